The van der Waals surface area contributed by atoms with Gasteiger partial charge in [-0.1, -0.05) is 63.1 Å². The smallest absolute Gasteiger partial charge is 0.346 e. The first kappa shape index (κ1) is 26.1. The molecule has 2 heterocycles. The van der Waals surface area contributed by atoms with Crippen molar-refractivity contribution in [1.82, 2.24) is 0 Å². The molecule has 1 aromatic heterocycles. The van der Waals surface area contributed by atoms with Crippen LogP contribution in [0.5, 0.6) is 0 Å². The highest BCUT2D eigenvalue weighted by molar-refractivity contribution is 5.83. The zero-order chi connectivity index (χ0) is 25.8. The lowest BCUT2D eigenvalue weighted by Gasteiger charge is -2.29. The highest BCUT2D eigenvalue weighted by Crippen LogP contribution is 2.39. The third-order valence-corrected chi connectivity index (χ3v) is 8.39. The molecular weight excluding hydrogens is 467 g/mol. The molecular formula is C32H39FO4. The molecule has 0 atom stereocenters. The van der Waals surface area contributed by atoms with Crippen molar-refractivity contribution in [3.8, 4) is 0 Å². The molecule has 2 aliphatic rings. The molecule has 0 N–H and O–H groups in total. The van der Waals surface area contributed by atoms with E-state index in [4.69, 9.17) is 13.9 Å². The van der Waals surface area contributed by atoms with E-state index in [-0.39, 0.29) is 23.4 Å². The number of fused-ring (bicyclic) bond motifs is 1. The molecule has 4 nitrogen and oxygen atoms in total. The summed E-state index contributed by atoms with van der Waals surface area (Å²) < 4.78 is 32.9. The summed E-state index contributed by atoms with van der Waals surface area (Å²) in [6, 6.07) is 13.8. The van der Waals surface area contributed by atoms with Crippen LogP contribution in [0.1, 0.15) is 93.5 Å². The van der Waals surface area contributed by atoms with E-state index in [1.807, 2.05) is 30.3 Å². The van der Waals surface area contributed by atoms with E-state index >= 15 is 4.39 Å². The fourth-order valence-corrected chi connectivity index (χ4v) is 6.05. The fourth-order valence-electron chi connectivity index (χ4n) is 6.05. The summed E-state index contributed by atoms with van der Waals surface area (Å²) in [6.45, 7) is 5.89. The first-order valence-electron chi connectivity index (χ1n) is 14.1. The van der Waals surface area contributed by atoms with Gasteiger partial charge in [0.25, 0.3) is 0 Å². The lowest BCUT2D eigenvalue weighted by atomic mass is 9.77. The predicted molar refractivity (Wildman–Crippen MR) is 144 cm³/mol. The fraction of sp³-hybridized carbons (Fsp3) is 0.531. The Balaban J connectivity index is 1.23. The van der Waals surface area contributed by atoms with Crippen LogP contribution in [-0.4, -0.2) is 13.2 Å². The molecule has 1 saturated carbocycles. The van der Waals surface area contributed by atoms with Crippen molar-refractivity contribution in [3.63, 3.8) is 0 Å². The molecule has 5 rings (SSSR count). The van der Waals surface area contributed by atoms with Gasteiger partial charge in [0, 0.05) is 17.9 Å². The van der Waals surface area contributed by atoms with Crippen LogP contribution < -0.4 is 5.63 Å². The number of hydrogen-bond acceptors (Lipinski definition) is 4. The second kappa shape index (κ2) is 11.9. The zero-order valence-corrected chi connectivity index (χ0v) is 22.1. The van der Waals surface area contributed by atoms with Crippen molar-refractivity contribution in [2.75, 3.05) is 13.2 Å². The highest BCUT2D eigenvalue weighted by Gasteiger charge is 2.26. The number of aryl methyl sites for hydroxylation is 2. The maximum absolute atomic E-state index is 15.4. The van der Waals surface area contributed by atoms with Crippen molar-refractivity contribution < 1.29 is 18.3 Å². The van der Waals surface area contributed by atoms with Crippen LogP contribution in [0.2, 0.25) is 0 Å². The largest absolute Gasteiger partial charge is 0.427 e. The number of hydrogen-bond donors (Lipinski definition) is 0. The Bertz CT molecular complexity index is 1230. The monoisotopic (exact) mass is 506 g/mol. The van der Waals surface area contributed by atoms with Gasteiger partial charge in [-0.05, 0) is 72.9 Å². The summed E-state index contributed by atoms with van der Waals surface area (Å²) in [6.07, 6.45) is 8.69. The molecule has 2 aromatic carbocycles. The van der Waals surface area contributed by atoms with E-state index in [1.165, 1.54) is 6.42 Å². The normalized spacial score (nSPS) is 24.4. The minimum absolute atomic E-state index is 0.0943. The Labute approximate surface area is 219 Å². The van der Waals surface area contributed by atoms with Crippen molar-refractivity contribution in [3.05, 3.63) is 81.2 Å². The van der Waals surface area contributed by atoms with Crippen LogP contribution >= 0.6 is 0 Å². The Hall–Kier alpha value is -2.50. The van der Waals surface area contributed by atoms with Gasteiger partial charge in [-0.15, -0.1) is 0 Å². The van der Waals surface area contributed by atoms with Crippen molar-refractivity contribution in [2.45, 2.75) is 83.8 Å². The van der Waals surface area contributed by atoms with Crippen molar-refractivity contribution >= 4 is 10.8 Å². The van der Waals surface area contributed by atoms with Crippen LogP contribution in [0.25, 0.3) is 10.8 Å². The Kier molecular flexibility index (Phi) is 8.41. The van der Waals surface area contributed by atoms with Gasteiger partial charge in [0.05, 0.1) is 13.2 Å². The van der Waals surface area contributed by atoms with Crippen LogP contribution in [0.15, 0.2) is 51.7 Å². The molecule has 0 radical (unpaired) electrons. The van der Waals surface area contributed by atoms with Gasteiger partial charge in [-0.2, -0.15) is 0 Å². The first-order chi connectivity index (χ1) is 18.1. The molecule has 5 heteroatoms. The summed E-state index contributed by atoms with van der Waals surface area (Å²) >= 11 is 0. The van der Waals surface area contributed by atoms with E-state index in [0.29, 0.717) is 29.0 Å². The molecule has 1 aliphatic heterocycles. The average molecular weight is 507 g/mol. The summed E-state index contributed by atoms with van der Waals surface area (Å²) in [5.41, 5.74) is 2.26. The van der Waals surface area contributed by atoms with Crippen LogP contribution in [0.3, 0.4) is 0 Å². The van der Waals surface area contributed by atoms with Crippen molar-refractivity contribution in [1.29, 1.82) is 0 Å². The van der Waals surface area contributed by atoms with E-state index in [2.05, 4.69) is 26.0 Å². The maximum atomic E-state index is 15.4. The highest BCUT2D eigenvalue weighted by atomic mass is 19.1. The van der Waals surface area contributed by atoms with Crippen LogP contribution in [0.4, 0.5) is 4.39 Å². The van der Waals surface area contributed by atoms with Gasteiger partial charge in [0.15, 0.2) is 6.29 Å². The first-order valence-corrected chi connectivity index (χ1v) is 14.1. The minimum atomic E-state index is -0.572. The summed E-state index contributed by atoms with van der Waals surface area (Å²) in [4.78, 5) is 12.8. The lowest BCUT2D eigenvalue weighted by molar-refractivity contribution is -0.206. The molecule has 0 bridgehead atoms. The Morgan fingerprint density at radius 1 is 0.892 bits per heavy atom. The number of ether oxygens (including phenoxy) is 2. The second-order valence-electron chi connectivity index (χ2n) is 11.0. The third-order valence-electron chi connectivity index (χ3n) is 8.39. The van der Waals surface area contributed by atoms with E-state index in [0.717, 1.165) is 75.2 Å². The predicted octanol–water partition coefficient (Wildman–Crippen LogP) is 7.86. The SMILES string of the molecule is CCCC1COC(c2ccc(CCc3cc4ccc(C5CCC(CC)CC5)c(F)c4c(=O)o3)cc2)OC1. The van der Waals surface area contributed by atoms with Crippen LogP contribution in [0, 0.1) is 17.7 Å². The molecule has 3 aromatic rings. The maximum Gasteiger partial charge on any atom is 0.346 e. The van der Waals surface area contributed by atoms with Gasteiger partial charge in [-0.25, -0.2) is 9.18 Å². The molecule has 198 valence electrons. The van der Waals surface area contributed by atoms with E-state index in [1.54, 1.807) is 0 Å². The zero-order valence-electron chi connectivity index (χ0n) is 22.1. The second-order valence-corrected chi connectivity index (χ2v) is 11.0. The molecule has 1 aliphatic carbocycles. The average Bonchev–Trinajstić information content (AvgIpc) is 2.93. The molecule has 2 fully saturated rings. The standard InChI is InChI=1S/C32H39FO4/c1-3-5-23-19-35-32(36-20-23)25-13-8-22(9-14-25)10-16-27-18-26-15-17-28(30(33)29(26)31(34)37-27)24-11-6-21(4-2)7-12-24/h8-9,13-15,17-18,21,23-24,32H,3-7,10-12,16,19-20H2,1-2H3. The molecule has 0 spiro atoms. The summed E-state index contributed by atoms with van der Waals surface area (Å²) in [5, 5.41) is 0.718. The quantitative estimate of drug-likeness (QED) is 0.312. The number of halogens is 1. The molecule has 0 unspecified atom stereocenters. The lowest BCUT2D eigenvalue weighted by Crippen LogP contribution is -2.26. The van der Waals surface area contributed by atoms with Gasteiger partial charge < -0.3 is 13.9 Å². The van der Waals surface area contributed by atoms with E-state index < -0.39 is 5.63 Å². The number of rotatable bonds is 8. The van der Waals surface area contributed by atoms with Gasteiger partial charge in [0.1, 0.15) is 17.0 Å². The van der Waals surface area contributed by atoms with Crippen LogP contribution in [-0.2, 0) is 22.3 Å². The summed E-state index contributed by atoms with van der Waals surface area (Å²) in [7, 11) is 0. The minimum Gasteiger partial charge on any atom is -0.427 e. The molecule has 1 saturated heterocycles. The van der Waals surface area contributed by atoms with Crippen molar-refractivity contribution in [2.24, 2.45) is 11.8 Å². The number of benzene rings is 2. The van der Waals surface area contributed by atoms with Gasteiger partial charge in [0.2, 0.25) is 0 Å². The summed E-state index contributed by atoms with van der Waals surface area (Å²) in [5.74, 6) is 1.62. The van der Waals surface area contributed by atoms with Gasteiger partial charge >= 0.3 is 5.63 Å². The molecule has 0 amide bonds. The molecule has 37 heavy (non-hydrogen) atoms. The van der Waals surface area contributed by atoms with E-state index in [9.17, 15) is 4.79 Å². The topological polar surface area (TPSA) is 48.7 Å². The Morgan fingerprint density at radius 3 is 2.30 bits per heavy atom. The van der Waals surface area contributed by atoms with Gasteiger partial charge in [-0.3, -0.25) is 0 Å². The Morgan fingerprint density at radius 2 is 1.62 bits per heavy atom. The third kappa shape index (κ3) is 5.99.